The molecule has 4 N–H and O–H groups in total. The lowest BCUT2D eigenvalue weighted by molar-refractivity contribution is -0.105. The summed E-state index contributed by atoms with van der Waals surface area (Å²) in [6.45, 7) is 1.72. The number of anilines is 2. The second kappa shape index (κ2) is 13.4. The normalized spacial score (nSPS) is 15.7. The van der Waals surface area contributed by atoms with Crippen LogP contribution in [0, 0.1) is 23.1 Å². The molecule has 1 unspecified atom stereocenters. The van der Waals surface area contributed by atoms with Crippen molar-refractivity contribution in [2.24, 2.45) is 11.7 Å². The number of nitrogens with two attached hydrogens (primary N) is 1. The van der Waals surface area contributed by atoms with Gasteiger partial charge in [-0.2, -0.15) is 5.26 Å². The Balaban J connectivity index is 0.000000210. The summed E-state index contributed by atoms with van der Waals surface area (Å²) >= 11 is 5.75. The van der Waals surface area contributed by atoms with Crippen LogP contribution in [-0.4, -0.2) is 30.4 Å². The number of urea groups is 1. The van der Waals surface area contributed by atoms with Crippen LogP contribution in [0.4, 0.5) is 20.6 Å². The van der Waals surface area contributed by atoms with E-state index in [9.17, 15) is 19.2 Å². The molecule has 3 aromatic rings. The maximum absolute atomic E-state index is 13.9. The molecular weight excluding hydrogens is 529 g/mol. The third-order valence-electron chi connectivity index (χ3n) is 7.34. The first-order chi connectivity index (χ1) is 19.3. The topological polar surface area (TPSA) is 111 Å². The highest BCUT2D eigenvalue weighted by atomic mass is 35.5. The van der Waals surface area contributed by atoms with Gasteiger partial charge in [-0.25, -0.2) is 9.18 Å². The molecule has 7 nitrogen and oxygen atoms in total. The van der Waals surface area contributed by atoms with Crippen molar-refractivity contribution in [3.8, 4) is 6.07 Å². The van der Waals surface area contributed by atoms with Crippen LogP contribution < -0.4 is 16.4 Å². The molecule has 0 aromatic heterocycles. The SMILES string of the molecule is N#Cc1cccc(C(N)(CCC2CC2)c2ccc(F)c(NC=O)c2)c1.O=C(Nc1ccc(Cl)cc1)N1CCCC1. The molecule has 9 heteroatoms. The summed E-state index contributed by atoms with van der Waals surface area (Å²) in [5, 5.41) is 15.1. The van der Waals surface area contributed by atoms with Crippen LogP contribution in [0.5, 0.6) is 0 Å². The molecule has 0 spiro atoms. The highest BCUT2D eigenvalue weighted by Crippen LogP contribution is 2.40. The number of rotatable bonds is 8. The minimum absolute atomic E-state index is 0.0187. The second-order valence-electron chi connectivity index (χ2n) is 10.2. The van der Waals surface area contributed by atoms with Gasteiger partial charge in [0.1, 0.15) is 5.82 Å². The van der Waals surface area contributed by atoms with E-state index in [4.69, 9.17) is 17.3 Å². The van der Waals surface area contributed by atoms with E-state index in [1.807, 2.05) is 11.0 Å². The Labute approximate surface area is 239 Å². The van der Waals surface area contributed by atoms with Crippen LogP contribution in [0.25, 0.3) is 0 Å². The smallest absolute Gasteiger partial charge is 0.321 e. The van der Waals surface area contributed by atoms with E-state index >= 15 is 0 Å². The predicted molar refractivity (Wildman–Crippen MR) is 155 cm³/mol. The fraction of sp³-hybridized carbons (Fsp3) is 0.323. The number of likely N-dealkylation sites (tertiary alicyclic amines) is 1. The van der Waals surface area contributed by atoms with Crippen LogP contribution in [0.3, 0.4) is 0 Å². The summed E-state index contributed by atoms with van der Waals surface area (Å²) in [7, 11) is 0. The lowest BCUT2D eigenvalue weighted by Gasteiger charge is -2.31. The number of nitriles is 1. The monoisotopic (exact) mass is 561 g/mol. The molecule has 3 amide bonds. The Hall–Kier alpha value is -3.93. The Morgan fingerprint density at radius 3 is 2.45 bits per heavy atom. The highest BCUT2D eigenvalue weighted by Gasteiger charge is 2.33. The summed E-state index contributed by atoms with van der Waals surface area (Å²) in [5.41, 5.74) is 8.92. The summed E-state index contributed by atoms with van der Waals surface area (Å²) in [6.07, 6.45) is 6.76. The lowest BCUT2D eigenvalue weighted by Crippen LogP contribution is -2.38. The maximum atomic E-state index is 13.9. The molecule has 40 heavy (non-hydrogen) atoms. The van der Waals surface area contributed by atoms with Gasteiger partial charge in [-0.05, 0) is 91.3 Å². The first-order valence-electron chi connectivity index (χ1n) is 13.4. The van der Waals surface area contributed by atoms with Gasteiger partial charge in [0.2, 0.25) is 6.41 Å². The predicted octanol–water partition coefficient (Wildman–Crippen LogP) is 6.63. The Kier molecular flexibility index (Phi) is 9.75. The van der Waals surface area contributed by atoms with E-state index in [1.54, 1.807) is 54.6 Å². The molecule has 1 atom stereocenters. The fourth-order valence-electron chi connectivity index (χ4n) is 4.79. The van der Waals surface area contributed by atoms with Gasteiger partial charge in [0.25, 0.3) is 0 Å². The molecule has 1 heterocycles. The van der Waals surface area contributed by atoms with Gasteiger partial charge in [-0.1, -0.05) is 42.6 Å². The Bertz CT molecular complexity index is 1370. The minimum atomic E-state index is -0.845. The van der Waals surface area contributed by atoms with E-state index in [0.717, 1.165) is 43.6 Å². The largest absolute Gasteiger partial charge is 0.326 e. The number of amides is 3. The van der Waals surface area contributed by atoms with Gasteiger partial charge in [0.15, 0.2) is 0 Å². The molecule has 3 aromatic carbocycles. The number of hydrogen-bond donors (Lipinski definition) is 3. The van der Waals surface area contributed by atoms with Gasteiger partial charge < -0.3 is 21.3 Å². The molecule has 0 bridgehead atoms. The van der Waals surface area contributed by atoms with Gasteiger partial charge >= 0.3 is 6.03 Å². The van der Waals surface area contributed by atoms with Crippen molar-refractivity contribution < 1.29 is 14.0 Å². The molecule has 2 fully saturated rings. The number of nitrogens with zero attached hydrogens (tertiary/aromatic N) is 2. The zero-order valence-electron chi connectivity index (χ0n) is 22.2. The van der Waals surface area contributed by atoms with Crippen LogP contribution in [0.2, 0.25) is 5.02 Å². The van der Waals surface area contributed by atoms with E-state index in [1.165, 1.54) is 18.9 Å². The maximum Gasteiger partial charge on any atom is 0.321 e. The highest BCUT2D eigenvalue weighted by molar-refractivity contribution is 6.30. The van der Waals surface area contributed by atoms with Crippen molar-refractivity contribution in [2.45, 2.75) is 44.1 Å². The molecule has 1 aliphatic heterocycles. The molecule has 0 radical (unpaired) electrons. The number of hydrogen-bond acceptors (Lipinski definition) is 4. The fourth-order valence-corrected chi connectivity index (χ4v) is 4.92. The van der Waals surface area contributed by atoms with E-state index in [0.29, 0.717) is 34.9 Å². The van der Waals surface area contributed by atoms with Gasteiger partial charge in [0, 0.05) is 23.8 Å². The van der Waals surface area contributed by atoms with E-state index < -0.39 is 11.4 Å². The van der Waals surface area contributed by atoms with Crippen molar-refractivity contribution in [1.29, 1.82) is 5.26 Å². The molecule has 5 rings (SSSR count). The van der Waals surface area contributed by atoms with Gasteiger partial charge in [-0.15, -0.1) is 0 Å². The molecule has 2 aliphatic rings. The number of nitrogens with one attached hydrogen (secondary N) is 2. The van der Waals surface area contributed by atoms with Crippen molar-refractivity contribution in [2.75, 3.05) is 23.7 Å². The average Bonchev–Trinajstić information content (AvgIpc) is 3.64. The van der Waals surface area contributed by atoms with Crippen molar-refractivity contribution in [1.82, 2.24) is 4.90 Å². The van der Waals surface area contributed by atoms with Gasteiger partial charge in [-0.3, -0.25) is 4.79 Å². The van der Waals surface area contributed by atoms with Crippen molar-refractivity contribution in [3.63, 3.8) is 0 Å². The Morgan fingerprint density at radius 2 is 1.80 bits per heavy atom. The first kappa shape index (κ1) is 29.1. The lowest BCUT2D eigenvalue weighted by atomic mass is 9.79. The number of halogens is 2. The van der Waals surface area contributed by atoms with Crippen LogP contribution in [0.1, 0.15) is 55.2 Å². The van der Waals surface area contributed by atoms with Gasteiger partial charge in [0.05, 0.1) is 22.9 Å². The van der Waals surface area contributed by atoms with Crippen molar-refractivity contribution >= 4 is 35.4 Å². The van der Waals surface area contributed by atoms with Crippen LogP contribution in [-0.2, 0) is 10.3 Å². The number of carbonyl (C=O) groups is 2. The van der Waals surface area contributed by atoms with E-state index in [-0.39, 0.29) is 11.7 Å². The minimum Gasteiger partial charge on any atom is -0.326 e. The molecular formula is C31H33ClFN5O2. The van der Waals surface area contributed by atoms with E-state index in [2.05, 4.69) is 16.7 Å². The van der Waals surface area contributed by atoms with Crippen LogP contribution in [0.15, 0.2) is 66.7 Å². The van der Waals surface area contributed by atoms with Crippen molar-refractivity contribution in [3.05, 3.63) is 94.3 Å². The first-order valence-corrected chi connectivity index (χ1v) is 13.8. The summed E-state index contributed by atoms with van der Waals surface area (Å²) in [5.74, 6) is 0.182. The summed E-state index contributed by atoms with van der Waals surface area (Å²) in [4.78, 5) is 24.2. The summed E-state index contributed by atoms with van der Waals surface area (Å²) < 4.78 is 13.9. The molecule has 208 valence electrons. The zero-order chi connectivity index (χ0) is 28.5. The third kappa shape index (κ3) is 7.59. The third-order valence-corrected chi connectivity index (χ3v) is 7.59. The van der Waals surface area contributed by atoms with Crippen LogP contribution >= 0.6 is 11.6 Å². The molecule has 1 saturated carbocycles. The quantitative estimate of drug-likeness (QED) is 0.268. The summed E-state index contributed by atoms with van der Waals surface area (Å²) in [6, 6.07) is 21.0. The number of benzene rings is 3. The molecule has 1 aliphatic carbocycles. The standard InChI is InChI=1S/C20H20FN3O.C11H13ClN2O/c21-18-7-6-17(11-19(18)24-13-25)20(23,9-8-14-4-5-14)16-3-1-2-15(10-16)12-22;12-9-3-5-10(6-4-9)13-11(15)14-7-1-2-8-14/h1-3,6-7,10-11,13-14H,4-5,8-9,23H2,(H,24,25);3-6H,1-2,7-8H2,(H,13,15). The molecule has 1 saturated heterocycles. The second-order valence-corrected chi connectivity index (χ2v) is 10.7. The number of carbonyl (C=O) groups excluding carboxylic acids is 2. The zero-order valence-corrected chi connectivity index (χ0v) is 23.0. The average molecular weight is 562 g/mol. The Morgan fingerprint density at radius 1 is 1.10 bits per heavy atom.